The van der Waals surface area contributed by atoms with Crippen molar-refractivity contribution in [2.75, 3.05) is 32.9 Å². The van der Waals surface area contributed by atoms with Gasteiger partial charge in [-0.3, -0.25) is 0 Å². The summed E-state index contributed by atoms with van der Waals surface area (Å²) in [7, 11) is 0.230. The van der Waals surface area contributed by atoms with Crippen molar-refractivity contribution in [1.29, 1.82) is 0 Å². The maximum absolute atomic E-state index is 12.8. The van der Waals surface area contributed by atoms with Crippen LogP contribution in [0.5, 0.6) is 0 Å². The summed E-state index contributed by atoms with van der Waals surface area (Å²) in [5.74, 6) is 0. The lowest BCUT2D eigenvalue weighted by Crippen LogP contribution is -2.41. The molecule has 1 atom stereocenters. The summed E-state index contributed by atoms with van der Waals surface area (Å²) < 4.78 is 27.2. The van der Waals surface area contributed by atoms with E-state index in [1.54, 1.807) is 18.2 Å². The van der Waals surface area contributed by atoms with Gasteiger partial charge in [0.25, 0.3) is 0 Å². The van der Waals surface area contributed by atoms with Gasteiger partial charge >= 0.3 is 0 Å². The second-order valence-corrected chi connectivity index (χ2v) is 7.57. The molecule has 1 aliphatic rings. The van der Waals surface area contributed by atoms with Gasteiger partial charge in [-0.15, -0.1) is 0 Å². The molecular weight excluding hydrogens is 298 g/mol. The number of hydrogen-bond acceptors (Lipinski definition) is 4. The fraction of sp³-hybridized carbons (Fsp3) is 0.538. The first-order valence-corrected chi connectivity index (χ1v) is 8.36. The van der Waals surface area contributed by atoms with Gasteiger partial charge in [0.05, 0.1) is 10.7 Å². The molecule has 2 N–H and O–H groups in total. The Morgan fingerprint density at radius 3 is 2.75 bits per heavy atom. The van der Waals surface area contributed by atoms with E-state index < -0.39 is 10.0 Å². The largest absolute Gasteiger partial charge is 0.398 e. The number of hydrogen-bond donors (Lipinski definition) is 1. The summed E-state index contributed by atoms with van der Waals surface area (Å²) in [6, 6.07) is 4.75. The van der Waals surface area contributed by atoms with Gasteiger partial charge in [-0.25, -0.2) is 8.42 Å². The molecular formula is C13H20ClN3O2S. The topological polar surface area (TPSA) is 66.6 Å². The molecule has 5 nitrogen and oxygen atoms in total. The molecule has 0 amide bonds. The lowest BCUT2D eigenvalue weighted by atomic mass is 10.2. The third-order valence-electron chi connectivity index (χ3n) is 3.46. The Bertz CT molecular complexity index is 569. The van der Waals surface area contributed by atoms with E-state index in [0.29, 0.717) is 13.1 Å². The summed E-state index contributed by atoms with van der Waals surface area (Å²) >= 11 is 6.05. The molecule has 1 aliphatic heterocycles. The first-order chi connectivity index (χ1) is 9.34. The number of nitrogens with two attached hydrogens (primary N) is 1. The zero-order chi connectivity index (χ0) is 14.9. The number of nitrogens with zero attached hydrogens (tertiary/aromatic N) is 2. The van der Waals surface area contributed by atoms with E-state index in [4.69, 9.17) is 17.3 Å². The quantitative estimate of drug-likeness (QED) is 0.857. The fourth-order valence-corrected chi connectivity index (χ4v) is 4.97. The van der Waals surface area contributed by atoms with E-state index in [1.165, 1.54) is 4.31 Å². The smallest absolute Gasteiger partial charge is 0.246 e. The van der Waals surface area contributed by atoms with Crippen molar-refractivity contribution < 1.29 is 8.42 Å². The van der Waals surface area contributed by atoms with Crippen LogP contribution < -0.4 is 5.73 Å². The van der Waals surface area contributed by atoms with Gasteiger partial charge < -0.3 is 10.6 Å². The average Bonchev–Trinajstić information content (AvgIpc) is 2.76. The van der Waals surface area contributed by atoms with E-state index in [1.807, 2.05) is 19.0 Å². The zero-order valence-corrected chi connectivity index (χ0v) is 13.3. The van der Waals surface area contributed by atoms with Gasteiger partial charge in [0.2, 0.25) is 10.0 Å². The highest BCUT2D eigenvalue weighted by atomic mass is 35.5. The van der Waals surface area contributed by atoms with Gasteiger partial charge in [-0.1, -0.05) is 17.7 Å². The van der Waals surface area contributed by atoms with Crippen LogP contribution in [0, 0.1) is 0 Å². The summed E-state index contributed by atoms with van der Waals surface area (Å²) in [5.41, 5.74) is 6.02. The van der Waals surface area contributed by atoms with Crippen LogP contribution in [-0.4, -0.2) is 50.8 Å². The van der Waals surface area contributed by atoms with Crippen molar-refractivity contribution >= 4 is 27.3 Å². The maximum atomic E-state index is 12.8. The minimum absolute atomic E-state index is 0.0225. The van der Waals surface area contributed by atoms with Crippen LogP contribution in [0.3, 0.4) is 0 Å². The normalized spacial score (nSPS) is 20.7. The van der Waals surface area contributed by atoms with Crippen LogP contribution in [-0.2, 0) is 10.0 Å². The minimum Gasteiger partial charge on any atom is -0.398 e. The average molecular weight is 318 g/mol. The van der Waals surface area contributed by atoms with Gasteiger partial charge in [-0.2, -0.15) is 4.31 Å². The summed E-state index contributed by atoms with van der Waals surface area (Å²) in [4.78, 5) is 2.03. The molecule has 1 aromatic carbocycles. The lowest BCUT2D eigenvalue weighted by molar-refractivity contribution is 0.291. The molecule has 1 aromatic rings. The second-order valence-electron chi connectivity index (χ2n) is 5.33. The van der Waals surface area contributed by atoms with Crippen molar-refractivity contribution in [3.05, 3.63) is 23.2 Å². The molecule has 0 radical (unpaired) electrons. The Hall–Kier alpha value is -0.820. The summed E-state index contributed by atoms with van der Waals surface area (Å²) in [6.07, 6.45) is 1.73. The highest BCUT2D eigenvalue weighted by Crippen LogP contribution is 2.33. The molecule has 112 valence electrons. The second kappa shape index (κ2) is 5.89. The molecule has 0 saturated carbocycles. The highest BCUT2D eigenvalue weighted by Gasteiger charge is 2.37. The van der Waals surface area contributed by atoms with Crippen LogP contribution in [0.1, 0.15) is 12.8 Å². The monoisotopic (exact) mass is 317 g/mol. The molecule has 0 spiro atoms. The molecule has 1 fully saturated rings. The lowest BCUT2D eigenvalue weighted by Gasteiger charge is -2.27. The summed E-state index contributed by atoms with van der Waals surface area (Å²) in [5, 5.41) is 0.181. The van der Waals surface area contributed by atoms with Crippen LogP contribution in [0.2, 0.25) is 5.02 Å². The molecule has 1 heterocycles. The molecule has 0 aromatic heterocycles. The van der Waals surface area contributed by atoms with E-state index >= 15 is 0 Å². The Balaban J connectivity index is 2.39. The standard InChI is InChI=1S/C13H20ClN3O2S/c1-16(2)9-10-5-4-8-17(10)20(18,19)13-11(14)6-3-7-12(13)15/h3,6-7,10H,4-5,8-9,15H2,1-2H3. The first kappa shape index (κ1) is 15.6. The molecule has 7 heteroatoms. The van der Waals surface area contributed by atoms with E-state index in [0.717, 1.165) is 12.8 Å². The number of rotatable bonds is 4. The third kappa shape index (κ3) is 2.93. The number of halogens is 1. The Morgan fingerprint density at radius 2 is 2.15 bits per heavy atom. The molecule has 1 saturated heterocycles. The Kier molecular flexibility index (Phi) is 4.59. The van der Waals surface area contributed by atoms with Crippen LogP contribution >= 0.6 is 11.6 Å². The van der Waals surface area contributed by atoms with E-state index in [9.17, 15) is 8.42 Å². The van der Waals surface area contributed by atoms with Gasteiger partial charge in [0, 0.05) is 19.1 Å². The molecule has 1 unspecified atom stereocenters. The zero-order valence-electron chi connectivity index (χ0n) is 11.7. The number of nitrogen functional groups attached to an aromatic ring is 1. The summed E-state index contributed by atoms with van der Waals surface area (Å²) in [6.45, 7) is 1.22. The van der Waals surface area contributed by atoms with Crippen molar-refractivity contribution in [1.82, 2.24) is 9.21 Å². The number of anilines is 1. The number of benzene rings is 1. The number of likely N-dealkylation sites (N-methyl/N-ethyl adjacent to an activating group) is 1. The molecule has 2 rings (SSSR count). The van der Waals surface area contributed by atoms with Crippen LogP contribution in [0.25, 0.3) is 0 Å². The van der Waals surface area contributed by atoms with E-state index in [-0.39, 0.29) is 21.6 Å². The van der Waals surface area contributed by atoms with Gasteiger partial charge in [-0.05, 0) is 39.1 Å². The Labute approximate surface area is 125 Å². The van der Waals surface area contributed by atoms with Crippen molar-refractivity contribution in [2.45, 2.75) is 23.8 Å². The third-order valence-corrected chi connectivity index (χ3v) is 5.96. The predicted octanol–water partition coefficient (Wildman–Crippen LogP) is 1.64. The SMILES string of the molecule is CN(C)CC1CCCN1S(=O)(=O)c1c(N)cccc1Cl. The van der Waals surface area contributed by atoms with Crippen molar-refractivity contribution in [3.63, 3.8) is 0 Å². The highest BCUT2D eigenvalue weighted by molar-refractivity contribution is 7.89. The number of sulfonamides is 1. The predicted molar refractivity (Wildman–Crippen MR) is 81.3 cm³/mol. The van der Waals surface area contributed by atoms with E-state index in [2.05, 4.69) is 0 Å². The molecule has 20 heavy (non-hydrogen) atoms. The Morgan fingerprint density at radius 1 is 1.45 bits per heavy atom. The van der Waals surface area contributed by atoms with Crippen molar-refractivity contribution in [3.8, 4) is 0 Å². The van der Waals surface area contributed by atoms with Crippen molar-refractivity contribution in [2.24, 2.45) is 0 Å². The van der Waals surface area contributed by atoms with Crippen LogP contribution in [0.4, 0.5) is 5.69 Å². The molecule has 0 aliphatic carbocycles. The first-order valence-electron chi connectivity index (χ1n) is 6.54. The minimum atomic E-state index is -3.65. The van der Waals surface area contributed by atoms with Gasteiger partial charge in [0.15, 0.2) is 0 Å². The van der Waals surface area contributed by atoms with Crippen LogP contribution in [0.15, 0.2) is 23.1 Å². The van der Waals surface area contributed by atoms with Gasteiger partial charge in [0.1, 0.15) is 4.90 Å². The fourth-order valence-electron chi connectivity index (χ4n) is 2.64. The molecule has 0 bridgehead atoms. The maximum Gasteiger partial charge on any atom is 0.246 e.